The van der Waals surface area contributed by atoms with Crippen molar-refractivity contribution in [1.29, 1.82) is 10.5 Å². The molecule has 19 heavy (non-hydrogen) atoms. The van der Waals surface area contributed by atoms with Gasteiger partial charge in [-0.25, -0.2) is 4.99 Å². The zero-order valence-electron chi connectivity index (χ0n) is 11.1. The monoisotopic (exact) mass is 261 g/mol. The highest BCUT2D eigenvalue weighted by Gasteiger charge is 3.03. The van der Waals surface area contributed by atoms with E-state index in [1.54, 1.807) is 0 Å². The Morgan fingerprint density at radius 2 is 1.79 bits per heavy atom. The van der Waals surface area contributed by atoms with Crippen molar-refractivity contribution in [2.24, 2.45) is 22.0 Å². The number of nitriles is 2. The van der Waals surface area contributed by atoms with Crippen LogP contribution in [-0.2, 0) is 9.47 Å². The van der Waals surface area contributed by atoms with Crippen molar-refractivity contribution in [2.45, 2.75) is 32.6 Å². The maximum absolute atomic E-state index is 9.83. The van der Waals surface area contributed by atoms with Crippen LogP contribution in [0.3, 0.4) is 0 Å². The number of nitrogens with zero attached hydrogens (tertiary/aromatic N) is 2. The summed E-state index contributed by atoms with van der Waals surface area (Å²) in [6.45, 7) is 4.76. The van der Waals surface area contributed by atoms with E-state index in [2.05, 4.69) is 17.1 Å². The van der Waals surface area contributed by atoms with Gasteiger partial charge in [0.05, 0.1) is 25.4 Å². The van der Waals surface area contributed by atoms with Gasteiger partial charge >= 0.3 is 5.91 Å². The van der Waals surface area contributed by atoms with Gasteiger partial charge in [0.1, 0.15) is 0 Å². The molecule has 1 saturated heterocycles. The van der Waals surface area contributed by atoms with Crippen LogP contribution < -0.4 is 10.7 Å². The Bertz CT molecular complexity index is 548. The molecule has 0 bridgehead atoms. The highest BCUT2D eigenvalue weighted by atomic mass is 16.8. The van der Waals surface area contributed by atoms with Gasteiger partial charge in [-0.05, 0) is 12.8 Å². The standard InChI is InChI=1S/C13H16N4O2/c1-3-10(4-2)11(7-14)9(16)17-13(12(10,11)8-15)18-5-6-19-13/h3-6H2,1-2H3,(H2,16,17)/p+1/t11-,12+/m0/s1. The van der Waals surface area contributed by atoms with Crippen molar-refractivity contribution in [2.75, 3.05) is 13.2 Å². The molecule has 2 fully saturated rings. The first-order valence-corrected chi connectivity index (χ1v) is 6.59. The third-order valence-electron chi connectivity index (χ3n) is 5.37. The molecule has 1 spiro atoms. The zero-order valence-corrected chi connectivity index (χ0v) is 11.1. The highest BCUT2D eigenvalue weighted by molar-refractivity contribution is 5.94. The van der Waals surface area contributed by atoms with Gasteiger partial charge in [0, 0.05) is 5.41 Å². The van der Waals surface area contributed by atoms with Crippen LogP contribution in [0, 0.1) is 38.9 Å². The van der Waals surface area contributed by atoms with Crippen molar-refractivity contribution in [3.63, 3.8) is 0 Å². The predicted molar refractivity (Wildman–Crippen MR) is 63.9 cm³/mol. The van der Waals surface area contributed by atoms with Gasteiger partial charge in [-0.15, -0.1) is 0 Å². The van der Waals surface area contributed by atoms with Gasteiger partial charge in [-0.1, -0.05) is 13.8 Å². The van der Waals surface area contributed by atoms with E-state index in [9.17, 15) is 10.5 Å². The zero-order chi connectivity index (χ0) is 13.9. The second kappa shape index (κ2) is 3.27. The van der Waals surface area contributed by atoms with E-state index in [1.807, 2.05) is 13.8 Å². The smallest absolute Gasteiger partial charge is 0.311 e. The van der Waals surface area contributed by atoms with Crippen LogP contribution in [0.2, 0.25) is 0 Å². The van der Waals surface area contributed by atoms with Gasteiger partial charge in [-0.3, -0.25) is 5.73 Å². The lowest BCUT2D eigenvalue weighted by atomic mass is 9.85. The topological polar surface area (TPSA) is 106 Å². The van der Waals surface area contributed by atoms with E-state index in [0.717, 1.165) is 0 Å². The first-order chi connectivity index (χ1) is 9.08. The summed E-state index contributed by atoms with van der Waals surface area (Å²) < 4.78 is 11.4. The molecule has 3 N–H and O–H groups in total. The number of ether oxygens (including phenoxy) is 2. The van der Waals surface area contributed by atoms with Crippen LogP contribution in [0.15, 0.2) is 0 Å². The number of amidine groups is 1. The Morgan fingerprint density at radius 1 is 1.21 bits per heavy atom. The maximum Gasteiger partial charge on any atom is 0.343 e. The Hall–Kier alpha value is -1.63. The van der Waals surface area contributed by atoms with E-state index in [0.29, 0.717) is 31.9 Å². The molecule has 0 aromatic carbocycles. The normalized spacial score (nSPS) is 40.3. The molecular weight excluding hydrogens is 244 g/mol. The average Bonchev–Trinajstić information content (AvgIpc) is 2.65. The molecule has 3 rings (SSSR count). The largest absolute Gasteiger partial charge is 0.343 e. The van der Waals surface area contributed by atoms with Gasteiger partial charge in [0.15, 0.2) is 10.8 Å². The van der Waals surface area contributed by atoms with Gasteiger partial charge in [0.2, 0.25) is 0 Å². The van der Waals surface area contributed by atoms with E-state index in [1.165, 1.54) is 0 Å². The summed E-state index contributed by atoms with van der Waals surface area (Å²) in [6, 6.07) is 4.62. The van der Waals surface area contributed by atoms with E-state index in [4.69, 9.17) is 15.2 Å². The Labute approximate surface area is 111 Å². The number of rotatable bonds is 2. The summed E-state index contributed by atoms with van der Waals surface area (Å²) in [4.78, 5) is 2.94. The number of hydrogen-bond donors (Lipinski definition) is 2. The predicted octanol–water partition coefficient (Wildman–Crippen LogP) is -1.02. The minimum Gasteiger partial charge on any atom is -0.311 e. The van der Waals surface area contributed by atoms with E-state index in [-0.39, 0.29) is 0 Å². The van der Waals surface area contributed by atoms with Crippen LogP contribution >= 0.6 is 0 Å². The summed E-state index contributed by atoms with van der Waals surface area (Å²) >= 11 is 0. The molecule has 6 heteroatoms. The van der Waals surface area contributed by atoms with E-state index < -0.39 is 22.2 Å². The molecule has 1 aliphatic carbocycles. The summed E-state index contributed by atoms with van der Waals surface area (Å²) in [5.41, 5.74) is 3.48. The van der Waals surface area contributed by atoms with Crippen molar-refractivity contribution >= 4 is 5.84 Å². The summed E-state index contributed by atoms with van der Waals surface area (Å²) in [6.07, 6.45) is 1.36. The number of fused-ring (bicyclic) bond motifs is 2. The second-order valence-electron chi connectivity index (χ2n) is 5.37. The van der Waals surface area contributed by atoms with Crippen LogP contribution in [-0.4, -0.2) is 25.0 Å². The number of hydrogen-bond acceptors (Lipinski definition) is 5. The molecule has 0 aromatic heterocycles. The van der Waals surface area contributed by atoms with Crippen molar-refractivity contribution in [1.82, 2.24) is 0 Å². The Balaban J connectivity index is 2.29. The first-order valence-electron chi connectivity index (χ1n) is 6.59. The van der Waals surface area contributed by atoms with Crippen LogP contribution in [0.5, 0.6) is 0 Å². The minimum atomic E-state index is -1.26. The first kappa shape index (κ1) is 12.4. The van der Waals surface area contributed by atoms with Crippen LogP contribution in [0.25, 0.3) is 0 Å². The lowest BCUT2D eigenvalue weighted by molar-refractivity contribution is -0.678. The third kappa shape index (κ3) is 0.816. The van der Waals surface area contributed by atoms with Gasteiger partial charge < -0.3 is 9.47 Å². The van der Waals surface area contributed by atoms with Gasteiger partial charge in [0.25, 0.3) is 5.84 Å². The van der Waals surface area contributed by atoms with E-state index >= 15 is 0 Å². The Kier molecular flexibility index (Phi) is 2.14. The molecule has 0 amide bonds. The summed E-state index contributed by atoms with van der Waals surface area (Å²) in [5, 5.41) is 19.6. The molecular formula is C13H17N4O2+. The second-order valence-corrected chi connectivity index (χ2v) is 5.37. The molecule has 3 aliphatic rings. The molecule has 0 aromatic rings. The lowest BCUT2D eigenvalue weighted by Gasteiger charge is -2.27. The molecule has 2 heterocycles. The quantitative estimate of drug-likeness (QED) is 0.661. The third-order valence-corrected chi connectivity index (χ3v) is 5.37. The van der Waals surface area contributed by atoms with Crippen molar-refractivity contribution in [3.05, 3.63) is 0 Å². The molecule has 2 aliphatic heterocycles. The fourth-order valence-corrected chi connectivity index (χ4v) is 4.61. The van der Waals surface area contributed by atoms with Crippen molar-refractivity contribution < 1.29 is 14.5 Å². The molecule has 100 valence electrons. The summed E-state index contributed by atoms with van der Waals surface area (Å²) in [7, 11) is 0. The van der Waals surface area contributed by atoms with Crippen molar-refractivity contribution in [3.8, 4) is 12.1 Å². The SMILES string of the molecule is CCC1(CC)[C@@]2(C#N)C3([NH+]=C(N)[C@@]12C#N)OCCO3. The molecule has 0 unspecified atom stereocenters. The van der Waals surface area contributed by atoms with Crippen LogP contribution in [0.1, 0.15) is 26.7 Å². The fraction of sp³-hybridized carbons (Fsp3) is 0.769. The molecule has 1 saturated carbocycles. The summed E-state index contributed by atoms with van der Waals surface area (Å²) in [5.74, 6) is -0.949. The highest BCUT2D eigenvalue weighted by Crippen LogP contribution is 2.85. The maximum atomic E-state index is 9.83. The average molecular weight is 261 g/mol. The van der Waals surface area contributed by atoms with Gasteiger partial charge in [-0.2, -0.15) is 10.5 Å². The number of nitrogens with two attached hydrogens (primary N) is 1. The molecule has 0 radical (unpaired) electrons. The number of nitrogens with one attached hydrogen (secondary N) is 1. The lowest BCUT2D eigenvalue weighted by Crippen LogP contribution is -2.90. The molecule has 6 nitrogen and oxygen atoms in total. The van der Waals surface area contributed by atoms with Crippen LogP contribution in [0.4, 0.5) is 0 Å². The minimum absolute atomic E-state index is 0.308. The molecule has 2 atom stereocenters. The Morgan fingerprint density at radius 3 is 2.16 bits per heavy atom. The fourth-order valence-electron chi connectivity index (χ4n) is 4.61.